The molecule has 0 radical (unpaired) electrons. The summed E-state index contributed by atoms with van der Waals surface area (Å²) >= 11 is 0. The Balaban J connectivity index is 1.55. The third-order valence-electron chi connectivity index (χ3n) is 3.89. The van der Waals surface area contributed by atoms with E-state index in [4.69, 9.17) is 4.74 Å². The van der Waals surface area contributed by atoms with E-state index < -0.39 is 6.10 Å². The van der Waals surface area contributed by atoms with Gasteiger partial charge >= 0.3 is 0 Å². The summed E-state index contributed by atoms with van der Waals surface area (Å²) in [5.41, 5.74) is 4.32. The van der Waals surface area contributed by atoms with E-state index in [0.29, 0.717) is 6.54 Å². The van der Waals surface area contributed by atoms with Gasteiger partial charge in [-0.25, -0.2) is 0 Å². The van der Waals surface area contributed by atoms with Gasteiger partial charge in [-0.15, -0.1) is 0 Å². The monoisotopic (exact) mass is 322 g/mol. The SMILES string of the molecule is Cc1cc(C)n(C[C@@H](O)COc2ccc(-c3ccccc3)cc2)n1. The Kier molecular flexibility index (Phi) is 4.96. The zero-order valence-corrected chi connectivity index (χ0v) is 14.0. The Bertz CT molecular complexity index is 779. The Morgan fingerprint density at radius 2 is 1.67 bits per heavy atom. The Labute approximate surface area is 142 Å². The van der Waals surface area contributed by atoms with Crippen LogP contribution in [0.3, 0.4) is 0 Å². The maximum Gasteiger partial charge on any atom is 0.119 e. The van der Waals surface area contributed by atoms with Gasteiger partial charge in [0, 0.05) is 5.69 Å². The highest BCUT2D eigenvalue weighted by atomic mass is 16.5. The van der Waals surface area contributed by atoms with Gasteiger partial charge < -0.3 is 9.84 Å². The summed E-state index contributed by atoms with van der Waals surface area (Å²) in [6.07, 6.45) is -0.600. The van der Waals surface area contributed by atoms with Gasteiger partial charge in [-0.1, -0.05) is 42.5 Å². The number of nitrogens with zero attached hydrogens (tertiary/aromatic N) is 2. The van der Waals surface area contributed by atoms with E-state index in [0.717, 1.165) is 22.7 Å². The Morgan fingerprint density at radius 3 is 2.29 bits per heavy atom. The van der Waals surface area contributed by atoms with Crippen molar-refractivity contribution in [3.63, 3.8) is 0 Å². The highest BCUT2D eigenvalue weighted by Gasteiger charge is 2.09. The predicted octanol–water partition coefficient (Wildman–Crippen LogP) is 3.61. The highest BCUT2D eigenvalue weighted by Crippen LogP contribution is 2.22. The Hall–Kier alpha value is -2.59. The van der Waals surface area contributed by atoms with Crippen LogP contribution in [0.25, 0.3) is 11.1 Å². The summed E-state index contributed by atoms with van der Waals surface area (Å²) in [5, 5.41) is 14.5. The van der Waals surface area contributed by atoms with Crippen LogP contribution in [0.2, 0.25) is 0 Å². The largest absolute Gasteiger partial charge is 0.491 e. The average Bonchev–Trinajstić information content (AvgIpc) is 2.91. The van der Waals surface area contributed by atoms with Gasteiger partial charge in [-0.2, -0.15) is 5.10 Å². The molecule has 2 aromatic carbocycles. The van der Waals surface area contributed by atoms with Crippen LogP contribution in [0.4, 0.5) is 0 Å². The summed E-state index contributed by atoms with van der Waals surface area (Å²) in [5.74, 6) is 0.752. The fourth-order valence-electron chi connectivity index (χ4n) is 2.68. The van der Waals surface area contributed by atoms with E-state index in [1.165, 1.54) is 5.56 Å². The van der Waals surface area contributed by atoms with Crippen molar-refractivity contribution in [2.24, 2.45) is 0 Å². The first kappa shape index (κ1) is 16.3. The summed E-state index contributed by atoms with van der Waals surface area (Å²) in [7, 11) is 0. The average molecular weight is 322 g/mol. The molecule has 4 nitrogen and oxygen atoms in total. The predicted molar refractivity (Wildman–Crippen MR) is 95.1 cm³/mol. The molecule has 0 unspecified atom stereocenters. The number of rotatable bonds is 6. The number of aryl methyl sites for hydroxylation is 2. The van der Waals surface area contributed by atoms with Gasteiger partial charge in [0.15, 0.2) is 0 Å². The first-order valence-corrected chi connectivity index (χ1v) is 8.09. The van der Waals surface area contributed by atoms with Crippen molar-refractivity contribution in [1.82, 2.24) is 9.78 Å². The second-order valence-electron chi connectivity index (χ2n) is 5.96. The molecule has 0 saturated heterocycles. The number of aliphatic hydroxyl groups excluding tert-OH is 1. The second kappa shape index (κ2) is 7.32. The maximum absolute atomic E-state index is 10.1. The third kappa shape index (κ3) is 4.03. The van der Waals surface area contributed by atoms with Crippen molar-refractivity contribution in [2.75, 3.05) is 6.61 Å². The number of benzene rings is 2. The van der Waals surface area contributed by atoms with Gasteiger partial charge in [-0.05, 0) is 43.2 Å². The van der Waals surface area contributed by atoms with E-state index >= 15 is 0 Å². The zero-order chi connectivity index (χ0) is 16.9. The summed E-state index contributed by atoms with van der Waals surface area (Å²) in [6.45, 7) is 4.60. The molecule has 0 aliphatic rings. The fourth-order valence-corrected chi connectivity index (χ4v) is 2.68. The number of hydrogen-bond donors (Lipinski definition) is 1. The third-order valence-corrected chi connectivity index (χ3v) is 3.89. The number of aliphatic hydroxyl groups is 1. The molecule has 0 saturated carbocycles. The van der Waals surface area contributed by atoms with Crippen LogP contribution >= 0.6 is 0 Å². The van der Waals surface area contributed by atoms with Crippen molar-refractivity contribution in [1.29, 1.82) is 0 Å². The van der Waals surface area contributed by atoms with E-state index in [1.54, 1.807) is 0 Å². The molecule has 3 rings (SSSR count). The van der Waals surface area contributed by atoms with Gasteiger partial charge in [0.1, 0.15) is 18.5 Å². The van der Waals surface area contributed by atoms with Crippen LogP contribution in [0.15, 0.2) is 60.7 Å². The zero-order valence-electron chi connectivity index (χ0n) is 14.0. The standard InChI is InChI=1S/C20H22N2O2/c1-15-12-16(2)22(21-15)13-19(23)14-24-20-10-8-18(9-11-20)17-6-4-3-5-7-17/h3-12,19,23H,13-14H2,1-2H3/t19-/m1/s1. The van der Waals surface area contributed by atoms with Crippen LogP contribution in [0.1, 0.15) is 11.4 Å². The topological polar surface area (TPSA) is 47.3 Å². The quantitative estimate of drug-likeness (QED) is 0.754. The lowest BCUT2D eigenvalue weighted by Gasteiger charge is -2.14. The van der Waals surface area contributed by atoms with E-state index in [9.17, 15) is 5.11 Å². The van der Waals surface area contributed by atoms with Gasteiger partial charge in [-0.3, -0.25) is 4.68 Å². The highest BCUT2D eigenvalue weighted by molar-refractivity contribution is 5.63. The number of ether oxygens (including phenoxy) is 1. The lowest BCUT2D eigenvalue weighted by Crippen LogP contribution is -2.24. The molecule has 124 valence electrons. The molecule has 0 spiro atoms. The molecule has 0 bridgehead atoms. The van der Waals surface area contributed by atoms with Crippen molar-refractivity contribution < 1.29 is 9.84 Å². The van der Waals surface area contributed by atoms with Crippen molar-refractivity contribution in [2.45, 2.75) is 26.5 Å². The van der Waals surface area contributed by atoms with Crippen molar-refractivity contribution >= 4 is 0 Å². The maximum atomic E-state index is 10.1. The van der Waals surface area contributed by atoms with Crippen LogP contribution in [0, 0.1) is 13.8 Å². The van der Waals surface area contributed by atoms with Crippen LogP contribution < -0.4 is 4.74 Å². The molecular weight excluding hydrogens is 300 g/mol. The van der Waals surface area contributed by atoms with E-state index in [2.05, 4.69) is 17.2 Å². The first-order chi connectivity index (χ1) is 11.6. The molecule has 0 aliphatic heterocycles. The van der Waals surface area contributed by atoms with Gasteiger partial charge in [0.05, 0.1) is 12.2 Å². The normalized spacial score (nSPS) is 12.1. The van der Waals surface area contributed by atoms with Crippen LogP contribution in [0.5, 0.6) is 5.75 Å². The Morgan fingerprint density at radius 1 is 1.00 bits per heavy atom. The smallest absolute Gasteiger partial charge is 0.119 e. The minimum atomic E-state index is -0.600. The molecule has 0 fully saturated rings. The molecule has 0 aliphatic carbocycles. The van der Waals surface area contributed by atoms with E-state index in [-0.39, 0.29) is 6.61 Å². The molecule has 1 heterocycles. The summed E-state index contributed by atoms with van der Waals surface area (Å²) in [4.78, 5) is 0. The van der Waals surface area contributed by atoms with Gasteiger partial charge in [0.25, 0.3) is 0 Å². The molecule has 4 heteroatoms. The number of aromatic nitrogens is 2. The molecule has 24 heavy (non-hydrogen) atoms. The lowest BCUT2D eigenvalue weighted by molar-refractivity contribution is 0.0887. The van der Waals surface area contributed by atoms with Crippen molar-refractivity contribution in [3.8, 4) is 16.9 Å². The minimum absolute atomic E-state index is 0.239. The molecule has 1 aromatic heterocycles. The summed E-state index contributed by atoms with van der Waals surface area (Å²) < 4.78 is 7.49. The molecular formula is C20H22N2O2. The minimum Gasteiger partial charge on any atom is -0.491 e. The van der Waals surface area contributed by atoms with Crippen molar-refractivity contribution in [3.05, 3.63) is 72.1 Å². The van der Waals surface area contributed by atoms with Crippen LogP contribution in [-0.4, -0.2) is 27.6 Å². The molecule has 1 atom stereocenters. The molecule has 3 aromatic rings. The first-order valence-electron chi connectivity index (χ1n) is 8.09. The number of hydrogen-bond acceptors (Lipinski definition) is 3. The molecule has 1 N–H and O–H groups in total. The second-order valence-corrected chi connectivity index (χ2v) is 5.96. The lowest BCUT2D eigenvalue weighted by atomic mass is 10.1. The molecule has 0 amide bonds. The van der Waals surface area contributed by atoms with Gasteiger partial charge in [0.2, 0.25) is 0 Å². The summed E-state index contributed by atoms with van der Waals surface area (Å²) in [6, 6.07) is 20.1. The van der Waals surface area contributed by atoms with E-state index in [1.807, 2.05) is 67.1 Å². The van der Waals surface area contributed by atoms with Crippen LogP contribution in [-0.2, 0) is 6.54 Å². The fraction of sp³-hybridized carbons (Fsp3) is 0.250.